The average molecular weight is 1390 g/mol. The summed E-state index contributed by atoms with van der Waals surface area (Å²) < 4.78 is 57.3. The van der Waals surface area contributed by atoms with Crippen LogP contribution in [0.3, 0.4) is 0 Å². The van der Waals surface area contributed by atoms with Crippen molar-refractivity contribution in [2.45, 2.75) is 117 Å². The Labute approximate surface area is 567 Å². The van der Waals surface area contributed by atoms with Gasteiger partial charge in [-0.15, -0.1) is 2.82 Å². The second-order valence-corrected chi connectivity index (χ2v) is 20.8. The van der Waals surface area contributed by atoms with Gasteiger partial charge in [-0.05, 0) is 77.0 Å². The Morgan fingerprint density at radius 3 is 0.773 bits per heavy atom. The fourth-order valence-corrected chi connectivity index (χ4v) is 7.16. The number of carbonyl (C=O) groups excluding carboxylic acids is 12. The van der Waals surface area contributed by atoms with Crippen molar-refractivity contribution in [2.24, 2.45) is 26.0 Å². The van der Waals surface area contributed by atoms with E-state index in [1.807, 2.05) is 0 Å². The van der Waals surface area contributed by atoms with E-state index in [4.69, 9.17) is 60.1 Å². The van der Waals surface area contributed by atoms with Gasteiger partial charge in [-0.25, -0.2) is 19.2 Å². The van der Waals surface area contributed by atoms with Gasteiger partial charge < -0.3 is 121 Å². The summed E-state index contributed by atoms with van der Waals surface area (Å²) in [7, 11) is 0. The molecule has 0 saturated carbocycles. The number of nitrogens with zero attached hydrogens (tertiary/aromatic N) is 4. The third kappa shape index (κ3) is 64.1. The first-order valence-corrected chi connectivity index (χ1v) is 31.9. The maximum atomic E-state index is 13.1. The summed E-state index contributed by atoms with van der Waals surface area (Å²) in [6, 6.07) is 0. The Morgan fingerprint density at radius 1 is 0.320 bits per heavy atom. The standard InChI is InChI=1S/C59H102N14O24/c1-47(74)39-70-94-27-11-3-7-15-51(78)62-19-31-86-35-23-66-55(82)90-43-59(44-91-56(83)67-24-36-87-32-20-63-52(79)16-8-4-12-28-95-71-40-48(2)75,45-92-57(84)68-25-37-88-33-21-64-53(80)17-9-5-13-29-96-72-41-49(60)76)46-93-58(85)69-26-38-89-34-22-65-54(81)18-10-6-14-30-97-73-42-50(61)77/h39-42H,3-38,43-46H2,1-2H3,(H12,60,61,62,63,64,65,66,67,68,69,76,77,78,79,80,81,82,83,84,85)/p-2/b70-39+,71-40+,72-41+,73-42+/i/hD2. The maximum absolute atomic E-state index is 13.1. The van der Waals surface area contributed by atoms with Gasteiger partial charge in [0.15, 0.2) is 11.6 Å². The SMILES string of the molecule is [2H][N-]C(=O)/C=N/OCCCCCC(=O)NCCOCCNC(=O)OCC(COC(=O)NCCOCCNC(=O)CCCCCO/N=C/C(C)=O)(COC(=O)NCCOCCNC(=O)CCCCCO/N=C/C(C)=O)COC(=O)NCCOCCNC(=O)CCCCCO/N=C/C(=O)[N-][2H]. The van der Waals surface area contributed by atoms with E-state index in [9.17, 15) is 57.5 Å². The van der Waals surface area contributed by atoms with Gasteiger partial charge in [-0.3, -0.25) is 28.8 Å². The molecule has 0 aromatic carbocycles. The summed E-state index contributed by atoms with van der Waals surface area (Å²) >= 11 is 0. The van der Waals surface area contributed by atoms with Gasteiger partial charge >= 0.3 is 24.4 Å². The van der Waals surface area contributed by atoms with Crippen molar-refractivity contribution >= 4 is 96.2 Å². The molecule has 10 N–H and O–H groups in total. The third-order valence-electron chi connectivity index (χ3n) is 12.0. The van der Waals surface area contributed by atoms with Crippen molar-refractivity contribution in [3.05, 3.63) is 11.5 Å². The second-order valence-electron chi connectivity index (χ2n) is 20.8. The molecule has 0 fully saturated rings. The summed E-state index contributed by atoms with van der Waals surface area (Å²) in [6.45, 7) is 1.81. The van der Waals surface area contributed by atoms with Crippen LogP contribution in [-0.4, -0.2) is 254 Å². The highest BCUT2D eigenvalue weighted by Crippen LogP contribution is 2.22. The molecule has 0 aromatic heterocycles. The lowest BCUT2D eigenvalue weighted by atomic mass is 9.92. The van der Waals surface area contributed by atoms with E-state index in [2.05, 4.69) is 74.6 Å². The quantitative estimate of drug-likeness (QED) is 0.0187. The zero-order valence-electron chi connectivity index (χ0n) is 57.6. The number of alkyl carbamates (subject to hydrolysis) is 4. The Hall–Kier alpha value is -9.04. The molecule has 0 unspecified atom stereocenters. The van der Waals surface area contributed by atoms with Crippen molar-refractivity contribution in [3.8, 4) is 0 Å². The highest BCUT2D eigenvalue weighted by Gasteiger charge is 2.38. The molecule has 0 bridgehead atoms. The van der Waals surface area contributed by atoms with Crippen molar-refractivity contribution in [1.82, 2.24) is 42.5 Å². The molecule has 38 heteroatoms. The molecule has 0 aromatic rings. The predicted molar refractivity (Wildman–Crippen MR) is 347 cm³/mol. The van der Waals surface area contributed by atoms with Crippen LogP contribution in [0.5, 0.6) is 0 Å². The van der Waals surface area contributed by atoms with Gasteiger partial charge in [0.1, 0.15) is 70.7 Å². The summed E-state index contributed by atoms with van der Waals surface area (Å²) in [5, 5.41) is 34.7. The van der Waals surface area contributed by atoms with Crippen LogP contribution in [0, 0.1) is 5.41 Å². The Bertz CT molecular complexity index is 2260. The van der Waals surface area contributed by atoms with Crippen LogP contribution >= 0.6 is 0 Å². The van der Waals surface area contributed by atoms with Gasteiger partial charge in [0.25, 0.3) is 0 Å². The average Bonchev–Trinajstić information content (AvgIpc) is 0.865. The summed E-state index contributed by atoms with van der Waals surface area (Å²) in [5.74, 6) is -2.99. The van der Waals surface area contributed by atoms with E-state index in [1.54, 1.807) is 0 Å². The number of carbonyl (C=O) groups is 12. The Balaban J connectivity index is 5.68. The van der Waals surface area contributed by atoms with E-state index in [-0.39, 0.29) is 179 Å². The molecule has 0 aliphatic heterocycles. The molecule has 0 rings (SSSR count). The largest absolute Gasteiger partial charge is 0.663 e. The van der Waals surface area contributed by atoms with E-state index >= 15 is 0 Å². The first-order chi connectivity index (χ1) is 47.9. The van der Waals surface area contributed by atoms with Crippen LogP contribution in [0.1, 0.15) is 117 Å². The minimum Gasteiger partial charge on any atom is -0.663 e. The second kappa shape index (κ2) is 63.0. The molecule has 0 spiro atoms. The number of hydrogen-bond donors (Lipinski definition) is 8. The van der Waals surface area contributed by atoms with Crippen LogP contribution in [0.4, 0.5) is 19.2 Å². The summed E-state index contributed by atoms with van der Waals surface area (Å²) in [6.07, 6.45) is 8.14. The van der Waals surface area contributed by atoms with Gasteiger partial charge in [0.2, 0.25) is 23.6 Å². The molecule has 0 aliphatic rings. The number of nitrogens with one attached hydrogen (secondary N) is 10. The summed E-state index contributed by atoms with van der Waals surface area (Å²) in [5.41, 5.74) is 3.52. The maximum Gasteiger partial charge on any atom is 0.407 e. The highest BCUT2D eigenvalue weighted by molar-refractivity contribution is 6.30. The fourth-order valence-electron chi connectivity index (χ4n) is 7.16. The number of oxime groups is 4. The van der Waals surface area contributed by atoms with Crippen LogP contribution in [0.2, 0.25) is 2.82 Å². The molecule has 552 valence electrons. The molecular weight excluding hydrogens is 1290 g/mol. The lowest BCUT2D eigenvalue weighted by Crippen LogP contribution is -2.47. The van der Waals surface area contributed by atoms with E-state index in [0.29, 0.717) is 90.3 Å². The monoisotopic (exact) mass is 1390 g/mol. The zero-order chi connectivity index (χ0) is 72.9. The fraction of sp³-hybridized carbons (Fsp3) is 0.729. The molecule has 97 heavy (non-hydrogen) atoms. The van der Waals surface area contributed by atoms with Crippen LogP contribution in [0.25, 0.3) is 11.5 Å². The van der Waals surface area contributed by atoms with Crippen molar-refractivity contribution < 1.29 is 118 Å². The van der Waals surface area contributed by atoms with E-state index < -0.39 is 68.0 Å². The predicted octanol–water partition coefficient (Wildman–Crippen LogP) is 2.00. The highest BCUT2D eigenvalue weighted by atomic mass is 16.6. The van der Waals surface area contributed by atoms with Crippen LogP contribution < -0.4 is 42.5 Å². The van der Waals surface area contributed by atoms with Crippen LogP contribution in [0.15, 0.2) is 20.6 Å². The minimum absolute atomic E-state index is 0.00562. The topological polar surface area (TPSA) is 509 Å². The molecule has 0 saturated heterocycles. The van der Waals surface area contributed by atoms with Crippen molar-refractivity contribution in [1.29, 1.82) is 0 Å². The molecule has 0 radical (unpaired) electrons. The normalized spacial score (nSPS) is 11.4. The molecule has 0 atom stereocenters. The minimum atomic E-state index is -1.78. The number of ketones is 2. The third-order valence-corrected chi connectivity index (χ3v) is 12.0. The lowest BCUT2D eigenvalue weighted by Gasteiger charge is -2.31. The molecule has 0 heterocycles. The first-order valence-electron chi connectivity index (χ1n) is 32.8. The number of amides is 10. The number of ether oxygens (including phenoxy) is 8. The Kier molecular flexibility index (Phi) is 54.6. The number of Topliss-reactive ketones (excluding diaryl/α,β-unsaturated/α-hetero) is 2. The van der Waals surface area contributed by atoms with Crippen LogP contribution in [-0.2, 0) is 95.6 Å². The molecule has 10 amide bonds. The lowest BCUT2D eigenvalue weighted by molar-refractivity contribution is -0.122. The van der Waals surface area contributed by atoms with E-state index in [0.717, 1.165) is 24.9 Å². The van der Waals surface area contributed by atoms with E-state index in [1.165, 1.54) is 13.8 Å². The first kappa shape index (κ1) is 84.0. The smallest absolute Gasteiger partial charge is 0.407 e. The Morgan fingerprint density at radius 2 is 0.546 bits per heavy atom. The van der Waals surface area contributed by atoms with Gasteiger partial charge in [0.05, 0.1) is 77.1 Å². The summed E-state index contributed by atoms with van der Waals surface area (Å²) in [4.78, 5) is 165. The van der Waals surface area contributed by atoms with Crippen molar-refractivity contribution in [2.75, 3.05) is 158 Å². The van der Waals surface area contributed by atoms with Gasteiger partial charge in [-0.2, -0.15) is 0 Å². The molecule has 38 nitrogen and oxygen atoms in total. The number of unbranched alkanes of at least 4 members (excludes halogenated alkanes) is 8. The number of hydrogen-bond acceptors (Lipinski definition) is 28. The molecular formula is C59H100N14O24-2. The zero-order valence-corrected chi connectivity index (χ0v) is 55.6. The van der Waals surface area contributed by atoms with Gasteiger partial charge in [0, 0.05) is 91.9 Å². The number of rotatable bonds is 64. The van der Waals surface area contributed by atoms with Crippen molar-refractivity contribution in [3.63, 3.8) is 0 Å². The molecule has 0 aliphatic carbocycles. The van der Waals surface area contributed by atoms with Gasteiger partial charge in [-0.1, -0.05) is 20.6 Å².